The minimum absolute atomic E-state index is 0.00829. The summed E-state index contributed by atoms with van der Waals surface area (Å²) in [7, 11) is -3.20. The quantitative estimate of drug-likeness (QED) is 0.771. The van der Waals surface area contributed by atoms with Gasteiger partial charge < -0.3 is 5.11 Å². The van der Waals surface area contributed by atoms with Crippen LogP contribution in [0.15, 0.2) is 0 Å². The lowest BCUT2D eigenvalue weighted by atomic mass is 10.0. The SMILES string of the molecule is CC(CO)C(C)NS(=O)(=O)C1CCCCC1. The van der Waals surface area contributed by atoms with Crippen LogP contribution in [0, 0.1) is 5.92 Å². The smallest absolute Gasteiger partial charge is 0.214 e. The predicted octanol–water partition coefficient (Wildman–Crippen LogP) is 1.26. The van der Waals surface area contributed by atoms with Gasteiger partial charge in [-0.05, 0) is 25.7 Å². The molecule has 0 saturated heterocycles. The van der Waals surface area contributed by atoms with Crippen molar-refractivity contribution in [3.63, 3.8) is 0 Å². The first-order valence-corrected chi connectivity index (χ1v) is 7.64. The van der Waals surface area contributed by atoms with Crippen molar-refractivity contribution in [1.29, 1.82) is 0 Å². The maximum Gasteiger partial charge on any atom is 0.214 e. The van der Waals surface area contributed by atoms with E-state index in [1.54, 1.807) is 6.92 Å². The molecule has 0 amide bonds. The molecule has 0 heterocycles. The fraction of sp³-hybridized carbons (Fsp3) is 1.00. The van der Waals surface area contributed by atoms with E-state index in [4.69, 9.17) is 5.11 Å². The molecular formula is C11H23NO3S. The van der Waals surface area contributed by atoms with E-state index in [-0.39, 0.29) is 23.8 Å². The van der Waals surface area contributed by atoms with Crippen LogP contribution in [0.1, 0.15) is 46.0 Å². The molecule has 2 unspecified atom stereocenters. The molecule has 4 nitrogen and oxygen atoms in total. The Kier molecular flexibility index (Phi) is 5.21. The van der Waals surface area contributed by atoms with Gasteiger partial charge in [0.2, 0.25) is 10.0 Å². The Labute approximate surface area is 98.5 Å². The molecule has 5 heteroatoms. The van der Waals surface area contributed by atoms with Crippen molar-refractivity contribution >= 4 is 10.0 Å². The minimum Gasteiger partial charge on any atom is -0.396 e. The van der Waals surface area contributed by atoms with Gasteiger partial charge in [-0.1, -0.05) is 26.2 Å². The molecule has 0 aromatic heterocycles. The lowest BCUT2D eigenvalue weighted by Crippen LogP contribution is -2.43. The topological polar surface area (TPSA) is 66.4 Å². The van der Waals surface area contributed by atoms with Crippen LogP contribution in [0.25, 0.3) is 0 Å². The number of aliphatic hydroxyl groups excluding tert-OH is 1. The summed E-state index contributed by atoms with van der Waals surface area (Å²) in [6.07, 6.45) is 4.71. The Bertz CT molecular complexity index is 296. The molecule has 2 N–H and O–H groups in total. The van der Waals surface area contributed by atoms with Gasteiger partial charge >= 0.3 is 0 Å². The Morgan fingerprint density at radius 3 is 2.31 bits per heavy atom. The van der Waals surface area contributed by atoms with Gasteiger partial charge in [0.25, 0.3) is 0 Å². The summed E-state index contributed by atoms with van der Waals surface area (Å²) in [4.78, 5) is 0. The van der Waals surface area contributed by atoms with Crippen molar-refractivity contribution in [3.8, 4) is 0 Å². The first-order chi connectivity index (χ1) is 7.47. The summed E-state index contributed by atoms with van der Waals surface area (Å²) < 4.78 is 26.7. The van der Waals surface area contributed by atoms with Crippen LogP contribution in [0.3, 0.4) is 0 Å². The van der Waals surface area contributed by atoms with Crippen LogP contribution < -0.4 is 4.72 Å². The number of aliphatic hydroxyl groups is 1. The summed E-state index contributed by atoms with van der Waals surface area (Å²) in [5.41, 5.74) is 0. The third kappa shape index (κ3) is 3.71. The van der Waals surface area contributed by atoms with E-state index in [1.807, 2.05) is 6.92 Å². The third-order valence-electron chi connectivity index (χ3n) is 3.48. The highest BCUT2D eigenvalue weighted by Gasteiger charge is 2.29. The monoisotopic (exact) mass is 249 g/mol. The van der Waals surface area contributed by atoms with Gasteiger partial charge in [-0.2, -0.15) is 0 Å². The first-order valence-electron chi connectivity index (χ1n) is 6.09. The largest absolute Gasteiger partial charge is 0.396 e. The maximum absolute atomic E-state index is 12.0. The molecule has 0 aromatic carbocycles. The van der Waals surface area contributed by atoms with Crippen LogP contribution in [0.5, 0.6) is 0 Å². The van der Waals surface area contributed by atoms with E-state index in [0.29, 0.717) is 0 Å². The van der Waals surface area contributed by atoms with Crippen molar-refractivity contribution in [2.24, 2.45) is 5.92 Å². The number of nitrogens with one attached hydrogen (secondary N) is 1. The highest BCUT2D eigenvalue weighted by molar-refractivity contribution is 7.90. The van der Waals surface area contributed by atoms with Crippen LogP contribution >= 0.6 is 0 Å². The second-order valence-electron chi connectivity index (χ2n) is 4.87. The average Bonchev–Trinajstić information content (AvgIpc) is 2.28. The Morgan fingerprint density at radius 1 is 1.25 bits per heavy atom. The fourth-order valence-corrected chi connectivity index (χ4v) is 3.90. The Morgan fingerprint density at radius 2 is 1.81 bits per heavy atom. The van der Waals surface area contributed by atoms with E-state index >= 15 is 0 Å². The summed E-state index contributed by atoms with van der Waals surface area (Å²) in [6, 6.07) is -0.197. The normalized spacial score (nSPS) is 22.9. The minimum atomic E-state index is -3.20. The average molecular weight is 249 g/mol. The van der Waals surface area contributed by atoms with E-state index in [2.05, 4.69) is 4.72 Å². The molecule has 1 aliphatic rings. The molecule has 0 aliphatic heterocycles. The first kappa shape index (κ1) is 13.9. The second kappa shape index (κ2) is 5.98. The molecule has 0 radical (unpaired) electrons. The van der Waals surface area contributed by atoms with Crippen molar-refractivity contribution in [3.05, 3.63) is 0 Å². The number of sulfonamides is 1. The Hall–Kier alpha value is -0.130. The van der Waals surface area contributed by atoms with Gasteiger partial charge in [0.1, 0.15) is 0 Å². The van der Waals surface area contributed by atoms with Crippen LogP contribution in [-0.4, -0.2) is 31.4 Å². The highest BCUT2D eigenvalue weighted by atomic mass is 32.2. The van der Waals surface area contributed by atoms with Crippen molar-refractivity contribution < 1.29 is 13.5 Å². The second-order valence-corrected chi connectivity index (χ2v) is 6.86. The predicted molar refractivity (Wildman–Crippen MR) is 64.6 cm³/mol. The van der Waals surface area contributed by atoms with E-state index in [1.165, 1.54) is 0 Å². The lowest BCUT2D eigenvalue weighted by Gasteiger charge is -2.26. The lowest BCUT2D eigenvalue weighted by molar-refractivity contribution is 0.216. The van der Waals surface area contributed by atoms with Crippen LogP contribution in [0.2, 0.25) is 0 Å². The summed E-state index contributed by atoms with van der Waals surface area (Å²) in [5.74, 6) is -0.0432. The summed E-state index contributed by atoms with van der Waals surface area (Å²) in [5, 5.41) is 8.75. The van der Waals surface area contributed by atoms with Gasteiger partial charge in [0.15, 0.2) is 0 Å². The molecular weight excluding hydrogens is 226 g/mol. The molecule has 0 aromatic rings. The molecule has 0 bridgehead atoms. The van der Waals surface area contributed by atoms with Crippen LogP contribution in [-0.2, 0) is 10.0 Å². The number of hydrogen-bond donors (Lipinski definition) is 2. The van der Waals surface area contributed by atoms with Crippen molar-refractivity contribution in [1.82, 2.24) is 4.72 Å². The molecule has 1 fully saturated rings. The zero-order valence-electron chi connectivity index (χ0n) is 10.1. The van der Waals surface area contributed by atoms with Gasteiger partial charge in [-0.15, -0.1) is 0 Å². The van der Waals surface area contributed by atoms with Gasteiger partial charge in [-0.25, -0.2) is 13.1 Å². The van der Waals surface area contributed by atoms with Crippen molar-refractivity contribution in [2.45, 2.75) is 57.2 Å². The van der Waals surface area contributed by atoms with E-state index < -0.39 is 10.0 Å². The highest BCUT2D eigenvalue weighted by Crippen LogP contribution is 2.23. The summed E-state index contributed by atoms with van der Waals surface area (Å²) >= 11 is 0. The maximum atomic E-state index is 12.0. The van der Waals surface area contributed by atoms with Crippen LogP contribution in [0.4, 0.5) is 0 Å². The Balaban J connectivity index is 2.56. The fourth-order valence-electron chi connectivity index (χ4n) is 2.01. The van der Waals surface area contributed by atoms with E-state index in [0.717, 1.165) is 32.1 Å². The molecule has 16 heavy (non-hydrogen) atoms. The molecule has 2 atom stereocenters. The third-order valence-corrected chi connectivity index (χ3v) is 5.53. The van der Waals surface area contributed by atoms with E-state index in [9.17, 15) is 8.42 Å². The molecule has 1 rings (SSSR count). The number of rotatable bonds is 5. The zero-order chi connectivity index (χ0) is 12.2. The van der Waals surface area contributed by atoms with Gasteiger partial charge in [-0.3, -0.25) is 0 Å². The standard InChI is InChI=1S/C11H23NO3S/c1-9(8-13)10(2)12-16(14,15)11-6-4-3-5-7-11/h9-13H,3-8H2,1-2H3. The van der Waals surface area contributed by atoms with Crippen molar-refractivity contribution in [2.75, 3.05) is 6.61 Å². The molecule has 0 spiro atoms. The number of hydrogen-bond acceptors (Lipinski definition) is 3. The van der Waals surface area contributed by atoms with Gasteiger partial charge in [0.05, 0.1) is 5.25 Å². The van der Waals surface area contributed by atoms with Gasteiger partial charge in [0, 0.05) is 12.6 Å². The zero-order valence-corrected chi connectivity index (χ0v) is 11.0. The summed E-state index contributed by atoms with van der Waals surface area (Å²) in [6.45, 7) is 3.66. The molecule has 96 valence electrons. The molecule has 1 aliphatic carbocycles. The molecule has 1 saturated carbocycles.